The molecule has 1 aliphatic rings. The quantitative estimate of drug-likeness (QED) is 0.744. The molecule has 1 aliphatic heterocycles. The molecule has 0 atom stereocenters. The fourth-order valence-electron chi connectivity index (χ4n) is 3.01. The number of nitrogens with one attached hydrogen (secondary N) is 1. The van der Waals surface area contributed by atoms with Crippen LogP contribution in [0.25, 0.3) is 0 Å². The first kappa shape index (κ1) is 18.6. The highest BCUT2D eigenvalue weighted by atomic mass is 32.2. The normalized spacial score (nSPS) is 16.5. The second kappa shape index (κ2) is 8.03. The predicted molar refractivity (Wildman–Crippen MR) is 100 cm³/mol. The molecule has 0 saturated carbocycles. The number of sulfonamides is 1. The van der Waals surface area contributed by atoms with E-state index in [9.17, 15) is 8.42 Å². The van der Waals surface area contributed by atoms with Gasteiger partial charge >= 0.3 is 0 Å². The number of methoxy groups -OCH3 is 1. The Morgan fingerprint density at radius 1 is 1.19 bits per heavy atom. The SMILES string of the molecule is COc1cccc(CNC2CCN(S(=O)(=O)c3ccc(N)cc3)CC2)n1. The molecule has 0 spiro atoms. The largest absolute Gasteiger partial charge is 0.481 e. The Morgan fingerprint density at radius 2 is 1.88 bits per heavy atom. The lowest BCUT2D eigenvalue weighted by atomic mass is 10.1. The number of nitrogens with zero attached hydrogens (tertiary/aromatic N) is 2. The minimum Gasteiger partial charge on any atom is -0.481 e. The first-order valence-corrected chi connectivity index (χ1v) is 10.0. The molecular weight excluding hydrogens is 352 g/mol. The van der Waals surface area contributed by atoms with E-state index in [0.29, 0.717) is 36.1 Å². The maximum Gasteiger partial charge on any atom is 0.243 e. The third-order valence-electron chi connectivity index (χ3n) is 4.53. The summed E-state index contributed by atoms with van der Waals surface area (Å²) in [6.07, 6.45) is 1.52. The summed E-state index contributed by atoms with van der Waals surface area (Å²) >= 11 is 0. The van der Waals surface area contributed by atoms with E-state index in [-0.39, 0.29) is 6.04 Å². The van der Waals surface area contributed by atoms with Gasteiger partial charge in [-0.3, -0.25) is 0 Å². The Morgan fingerprint density at radius 3 is 2.54 bits per heavy atom. The number of rotatable bonds is 6. The fourth-order valence-corrected chi connectivity index (χ4v) is 4.48. The number of nitrogens with two attached hydrogens (primary N) is 1. The summed E-state index contributed by atoms with van der Waals surface area (Å²) in [5.74, 6) is 0.591. The number of hydrogen-bond donors (Lipinski definition) is 2. The molecule has 0 amide bonds. The van der Waals surface area contributed by atoms with E-state index in [1.807, 2.05) is 18.2 Å². The van der Waals surface area contributed by atoms with Crippen LogP contribution in [0.2, 0.25) is 0 Å². The lowest BCUT2D eigenvalue weighted by Crippen LogP contribution is -2.44. The van der Waals surface area contributed by atoms with Gasteiger partial charge in [-0.25, -0.2) is 13.4 Å². The molecule has 3 rings (SSSR count). The zero-order valence-electron chi connectivity index (χ0n) is 14.8. The highest BCUT2D eigenvalue weighted by Crippen LogP contribution is 2.21. The van der Waals surface area contributed by atoms with Gasteiger partial charge in [0.25, 0.3) is 0 Å². The Balaban J connectivity index is 1.54. The summed E-state index contributed by atoms with van der Waals surface area (Å²) in [5, 5.41) is 3.45. The molecule has 1 fully saturated rings. The van der Waals surface area contributed by atoms with Gasteiger partial charge in [-0.1, -0.05) is 6.07 Å². The lowest BCUT2D eigenvalue weighted by Gasteiger charge is -2.31. The van der Waals surface area contributed by atoms with Crippen molar-refractivity contribution in [2.45, 2.75) is 30.3 Å². The second-order valence-corrected chi connectivity index (χ2v) is 8.24. The predicted octanol–water partition coefficient (Wildman–Crippen LogP) is 1.62. The lowest BCUT2D eigenvalue weighted by molar-refractivity contribution is 0.287. The average molecular weight is 376 g/mol. The van der Waals surface area contributed by atoms with Crippen molar-refractivity contribution >= 4 is 15.7 Å². The summed E-state index contributed by atoms with van der Waals surface area (Å²) in [6, 6.07) is 12.3. The number of aromatic nitrogens is 1. The molecule has 1 aromatic carbocycles. The smallest absolute Gasteiger partial charge is 0.243 e. The van der Waals surface area contributed by atoms with Crippen LogP contribution >= 0.6 is 0 Å². The van der Waals surface area contributed by atoms with Gasteiger partial charge in [0.05, 0.1) is 17.7 Å². The Kier molecular flexibility index (Phi) is 5.75. The number of benzene rings is 1. The Labute approximate surface area is 154 Å². The number of pyridine rings is 1. The number of hydrogen-bond acceptors (Lipinski definition) is 6. The molecule has 1 aromatic heterocycles. The van der Waals surface area contributed by atoms with Gasteiger partial charge in [-0.15, -0.1) is 0 Å². The van der Waals surface area contributed by atoms with Crippen molar-refractivity contribution < 1.29 is 13.2 Å². The second-order valence-electron chi connectivity index (χ2n) is 6.30. The van der Waals surface area contributed by atoms with Gasteiger partial charge in [-0.05, 0) is 43.2 Å². The summed E-state index contributed by atoms with van der Waals surface area (Å²) in [7, 11) is -1.86. The zero-order chi connectivity index (χ0) is 18.6. The van der Waals surface area contributed by atoms with Crippen molar-refractivity contribution in [1.29, 1.82) is 0 Å². The highest BCUT2D eigenvalue weighted by molar-refractivity contribution is 7.89. The third-order valence-corrected chi connectivity index (χ3v) is 6.45. The van der Waals surface area contributed by atoms with Crippen molar-refractivity contribution in [3.8, 4) is 5.88 Å². The Hall–Kier alpha value is -2.16. The van der Waals surface area contributed by atoms with Crippen molar-refractivity contribution in [1.82, 2.24) is 14.6 Å². The van der Waals surface area contributed by atoms with E-state index in [1.165, 1.54) is 0 Å². The van der Waals surface area contributed by atoms with Crippen molar-refractivity contribution in [3.63, 3.8) is 0 Å². The molecule has 140 valence electrons. The van der Waals surface area contributed by atoms with Crippen molar-refractivity contribution in [2.75, 3.05) is 25.9 Å². The van der Waals surface area contributed by atoms with Crippen LogP contribution in [-0.2, 0) is 16.6 Å². The van der Waals surface area contributed by atoms with E-state index in [4.69, 9.17) is 10.5 Å². The summed E-state index contributed by atoms with van der Waals surface area (Å²) in [5.41, 5.74) is 7.09. The van der Waals surface area contributed by atoms with Crippen molar-refractivity contribution in [3.05, 3.63) is 48.2 Å². The van der Waals surface area contributed by atoms with Gasteiger partial charge in [0.1, 0.15) is 0 Å². The summed E-state index contributed by atoms with van der Waals surface area (Å²) in [4.78, 5) is 4.67. The minimum absolute atomic E-state index is 0.265. The number of nitrogen functional groups attached to an aromatic ring is 1. The van der Waals surface area contributed by atoms with Crippen LogP contribution in [0.3, 0.4) is 0 Å². The van der Waals surface area contributed by atoms with Crippen LogP contribution in [0.1, 0.15) is 18.5 Å². The summed E-state index contributed by atoms with van der Waals surface area (Å²) < 4.78 is 32.1. The van der Waals surface area contributed by atoms with E-state index in [1.54, 1.807) is 35.7 Å². The average Bonchev–Trinajstić information content (AvgIpc) is 2.67. The van der Waals surface area contributed by atoms with E-state index in [0.717, 1.165) is 18.5 Å². The fraction of sp³-hybridized carbons (Fsp3) is 0.389. The molecular formula is C18H24N4O3S. The molecule has 0 unspecified atom stereocenters. The molecule has 1 saturated heterocycles. The zero-order valence-corrected chi connectivity index (χ0v) is 15.6. The van der Waals surface area contributed by atoms with Gasteiger partial charge in [0.2, 0.25) is 15.9 Å². The topological polar surface area (TPSA) is 97.5 Å². The van der Waals surface area contributed by atoms with E-state index in [2.05, 4.69) is 10.3 Å². The maximum atomic E-state index is 12.7. The number of piperidine rings is 1. The Bertz CT molecular complexity index is 832. The van der Waals surface area contributed by atoms with Crippen LogP contribution in [-0.4, -0.2) is 43.9 Å². The first-order valence-electron chi connectivity index (χ1n) is 8.58. The standard InChI is InChI=1S/C18H24N4O3S/c1-25-18-4-2-3-16(21-18)13-20-15-9-11-22(12-10-15)26(23,24)17-7-5-14(19)6-8-17/h2-8,15,20H,9-13,19H2,1H3. The van der Waals surface area contributed by atoms with Gasteiger partial charge in [0, 0.05) is 37.4 Å². The molecule has 0 bridgehead atoms. The molecule has 0 radical (unpaired) electrons. The molecule has 7 nitrogen and oxygen atoms in total. The van der Waals surface area contributed by atoms with Crippen LogP contribution < -0.4 is 15.8 Å². The van der Waals surface area contributed by atoms with Crippen LogP contribution in [0.5, 0.6) is 5.88 Å². The number of ether oxygens (including phenoxy) is 1. The molecule has 8 heteroatoms. The molecule has 2 aromatic rings. The molecule has 3 N–H and O–H groups in total. The van der Waals surface area contributed by atoms with Gasteiger partial charge in [0.15, 0.2) is 0 Å². The monoisotopic (exact) mass is 376 g/mol. The van der Waals surface area contributed by atoms with E-state index < -0.39 is 10.0 Å². The minimum atomic E-state index is -3.46. The van der Waals surface area contributed by atoms with E-state index >= 15 is 0 Å². The van der Waals surface area contributed by atoms with Crippen LogP contribution in [0, 0.1) is 0 Å². The number of anilines is 1. The first-order chi connectivity index (χ1) is 12.5. The van der Waals surface area contributed by atoms with Crippen LogP contribution in [0.4, 0.5) is 5.69 Å². The highest BCUT2D eigenvalue weighted by Gasteiger charge is 2.29. The van der Waals surface area contributed by atoms with Crippen LogP contribution in [0.15, 0.2) is 47.4 Å². The molecule has 26 heavy (non-hydrogen) atoms. The van der Waals surface area contributed by atoms with Gasteiger partial charge < -0.3 is 15.8 Å². The molecule has 2 heterocycles. The van der Waals surface area contributed by atoms with Crippen molar-refractivity contribution in [2.24, 2.45) is 0 Å². The third kappa shape index (κ3) is 4.32. The maximum absolute atomic E-state index is 12.7. The van der Waals surface area contributed by atoms with Gasteiger partial charge in [-0.2, -0.15) is 4.31 Å². The molecule has 0 aliphatic carbocycles. The summed E-state index contributed by atoms with van der Waals surface area (Å²) in [6.45, 7) is 1.62.